The van der Waals surface area contributed by atoms with Gasteiger partial charge in [0.05, 0.1) is 19.6 Å². The highest BCUT2D eigenvalue weighted by Crippen LogP contribution is 2.77. The van der Waals surface area contributed by atoms with E-state index in [9.17, 15) is 9.59 Å². The molecule has 0 aromatic rings. The summed E-state index contributed by atoms with van der Waals surface area (Å²) in [6.07, 6.45) is 10.7. The zero-order chi connectivity index (χ0) is 26.5. The average molecular weight is 497 g/mol. The Labute approximate surface area is 218 Å². The lowest BCUT2D eigenvalue weighted by Gasteiger charge is -2.71. The van der Waals surface area contributed by atoms with Gasteiger partial charge in [0.15, 0.2) is 5.76 Å². The normalized spacial score (nSPS) is 49.1. The van der Waals surface area contributed by atoms with Crippen LogP contribution >= 0.6 is 0 Å². The van der Waals surface area contributed by atoms with E-state index in [0.29, 0.717) is 35.3 Å². The van der Waals surface area contributed by atoms with Crippen LogP contribution in [-0.4, -0.2) is 26.0 Å². The molecule has 36 heavy (non-hydrogen) atoms. The lowest BCUT2D eigenvalue weighted by Crippen LogP contribution is -2.66. The van der Waals surface area contributed by atoms with E-state index in [0.717, 1.165) is 51.4 Å². The summed E-state index contributed by atoms with van der Waals surface area (Å²) in [5, 5.41) is 0. The van der Waals surface area contributed by atoms with E-state index in [1.54, 1.807) is 14.2 Å². The highest BCUT2D eigenvalue weighted by molar-refractivity contribution is 5.99. The van der Waals surface area contributed by atoms with Crippen molar-refractivity contribution in [2.24, 2.45) is 56.7 Å². The van der Waals surface area contributed by atoms with E-state index < -0.39 is 5.41 Å². The molecule has 0 N–H and O–H groups in total. The number of methoxy groups -OCH3 is 2. The molecule has 0 aromatic carbocycles. The first-order valence-electron chi connectivity index (χ1n) is 14.3. The van der Waals surface area contributed by atoms with Gasteiger partial charge in [0.1, 0.15) is 0 Å². The zero-order valence-corrected chi connectivity index (χ0v) is 24.0. The number of fused-ring (bicyclic) bond motifs is 7. The Bertz CT molecular complexity index is 1020. The maximum atomic E-state index is 13.4. The highest BCUT2D eigenvalue weighted by Gasteiger charge is 2.72. The second-order valence-corrected chi connectivity index (χ2v) is 14.5. The van der Waals surface area contributed by atoms with E-state index in [-0.39, 0.29) is 33.4 Å². The van der Waals surface area contributed by atoms with Gasteiger partial charge in [-0.05, 0) is 110 Å². The highest BCUT2D eigenvalue weighted by atomic mass is 16.5. The zero-order valence-electron chi connectivity index (χ0n) is 24.0. The number of ketones is 1. The van der Waals surface area contributed by atoms with Crippen molar-refractivity contribution in [3.05, 3.63) is 24.0 Å². The number of allylic oxidation sites excluding steroid dienone is 3. The molecule has 0 heterocycles. The molecule has 0 aromatic heterocycles. The average Bonchev–Trinajstić information content (AvgIpc) is 3.22. The summed E-state index contributed by atoms with van der Waals surface area (Å²) in [5.41, 5.74) is 0.656. The molecule has 4 fully saturated rings. The number of rotatable bonds is 3. The monoisotopic (exact) mass is 496 g/mol. The third-order valence-corrected chi connectivity index (χ3v) is 13.2. The fourth-order valence-corrected chi connectivity index (χ4v) is 11.3. The summed E-state index contributed by atoms with van der Waals surface area (Å²) in [5.74, 6) is 2.74. The molecule has 0 bridgehead atoms. The van der Waals surface area contributed by atoms with Gasteiger partial charge in [-0.2, -0.15) is 0 Å². The Balaban J connectivity index is 1.61. The molecule has 4 saturated carbocycles. The van der Waals surface area contributed by atoms with Gasteiger partial charge in [0.2, 0.25) is 5.78 Å². The lowest BCUT2D eigenvalue weighted by atomic mass is 9.33. The molecule has 0 aliphatic heterocycles. The van der Waals surface area contributed by atoms with Gasteiger partial charge >= 0.3 is 5.97 Å². The molecule has 4 heteroatoms. The maximum absolute atomic E-state index is 13.4. The van der Waals surface area contributed by atoms with Crippen LogP contribution < -0.4 is 0 Å². The fraction of sp³-hybridized carbons (Fsp3) is 0.812. The van der Waals surface area contributed by atoms with Crippen molar-refractivity contribution in [1.29, 1.82) is 0 Å². The third-order valence-electron chi connectivity index (χ3n) is 13.2. The van der Waals surface area contributed by atoms with E-state index in [4.69, 9.17) is 9.47 Å². The number of carbonyl (C=O) groups is 2. The van der Waals surface area contributed by atoms with Gasteiger partial charge in [-0.25, -0.2) is 0 Å². The van der Waals surface area contributed by atoms with Crippen molar-refractivity contribution in [3.8, 4) is 0 Å². The van der Waals surface area contributed by atoms with E-state index in [1.807, 2.05) is 0 Å². The number of carbonyl (C=O) groups excluding carboxylic acids is 2. The van der Waals surface area contributed by atoms with Crippen LogP contribution in [0.25, 0.3) is 0 Å². The predicted octanol–water partition coefficient (Wildman–Crippen LogP) is 7.14. The van der Waals surface area contributed by atoms with Crippen molar-refractivity contribution < 1.29 is 19.1 Å². The van der Waals surface area contributed by atoms with Gasteiger partial charge in [-0.3, -0.25) is 9.59 Å². The summed E-state index contributed by atoms with van der Waals surface area (Å²) >= 11 is 0. The lowest BCUT2D eigenvalue weighted by molar-refractivity contribution is -0.223. The van der Waals surface area contributed by atoms with E-state index >= 15 is 0 Å². The molecule has 5 aliphatic rings. The van der Waals surface area contributed by atoms with Crippen LogP contribution in [-0.2, 0) is 19.1 Å². The number of hydrogen-bond acceptors (Lipinski definition) is 4. The maximum Gasteiger partial charge on any atom is 0.312 e. The standard InChI is InChI=1S/C32H48O4/c1-19(2)20-12-15-32(27(34)36-9)17-16-30(6)21(25(20)32)10-11-24-29(5)18-22(35-8)26(33)28(3,4)23(29)13-14-31(24,30)7/h18,20-21,23-25H,1,10-17H2,2-9H3/t20-,21+,23-,24+,25+,29-,30+,31+,32-/m0/s1. The summed E-state index contributed by atoms with van der Waals surface area (Å²) in [6, 6.07) is 0. The van der Waals surface area contributed by atoms with E-state index in [2.05, 4.69) is 54.2 Å². The Morgan fingerprint density at radius 1 is 0.917 bits per heavy atom. The quantitative estimate of drug-likeness (QED) is 0.308. The topological polar surface area (TPSA) is 52.6 Å². The molecule has 0 spiro atoms. The van der Waals surface area contributed by atoms with Crippen LogP contribution in [0.4, 0.5) is 0 Å². The van der Waals surface area contributed by atoms with Gasteiger partial charge in [-0.15, -0.1) is 0 Å². The summed E-state index contributed by atoms with van der Waals surface area (Å²) in [6.45, 7) is 18.4. The molecule has 5 aliphatic carbocycles. The van der Waals surface area contributed by atoms with Crippen molar-refractivity contribution >= 4 is 11.8 Å². The molecule has 0 radical (unpaired) electrons. The van der Waals surface area contributed by atoms with Gasteiger partial charge < -0.3 is 9.47 Å². The molecule has 200 valence electrons. The number of esters is 1. The van der Waals surface area contributed by atoms with Gasteiger partial charge in [0.25, 0.3) is 0 Å². The van der Waals surface area contributed by atoms with Crippen LogP contribution in [0.1, 0.15) is 92.9 Å². The number of Topliss-reactive ketones (excluding diaryl/α,β-unsaturated/α-hetero) is 1. The van der Waals surface area contributed by atoms with Crippen molar-refractivity contribution in [1.82, 2.24) is 0 Å². The molecule has 0 amide bonds. The van der Waals surface area contributed by atoms with Crippen molar-refractivity contribution in [2.45, 2.75) is 92.9 Å². The predicted molar refractivity (Wildman–Crippen MR) is 142 cm³/mol. The SMILES string of the molecule is C=C(C)[C@@H]1CC[C@]2(C(=O)OC)CC[C@]3(C)[C@H](CC[C@@H]4[C@@]5(C)C=C(OC)C(=O)C(C)(C)[C@@H]5CC[C@]43C)[C@@H]12. The third kappa shape index (κ3) is 2.94. The van der Waals surface area contributed by atoms with Crippen LogP contribution in [0.15, 0.2) is 24.0 Å². The first kappa shape index (κ1) is 26.0. The molecule has 9 atom stereocenters. The van der Waals surface area contributed by atoms with Crippen LogP contribution in [0, 0.1) is 56.7 Å². The smallest absolute Gasteiger partial charge is 0.312 e. The molecular weight excluding hydrogens is 448 g/mol. The molecular formula is C32H48O4. The largest absolute Gasteiger partial charge is 0.493 e. The number of ether oxygens (including phenoxy) is 2. The molecule has 5 rings (SSSR count). The second-order valence-electron chi connectivity index (χ2n) is 14.5. The molecule has 0 saturated heterocycles. The summed E-state index contributed by atoms with van der Waals surface area (Å²) in [4.78, 5) is 26.7. The Hall–Kier alpha value is -1.58. The molecule has 4 nitrogen and oxygen atoms in total. The first-order valence-corrected chi connectivity index (χ1v) is 14.3. The second kappa shape index (κ2) is 7.96. The summed E-state index contributed by atoms with van der Waals surface area (Å²) < 4.78 is 11.2. The minimum atomic E-state index is -0.420. The Morgan fingerprint density at radius 3 is 2.22 bits per heavy atom. The van der Waals surface area contributed by atoms with Crippen LogP contribution in [0.2, 0.25) is 0 Å². The van der Waals surface area contributed by atoms with Gasteiger partial charge in [-0.1, -0.05) is 46.8 Å². The molecule has 0 unspecified atom stereocenters. The van der Waals surface area contributed by atoms with Crippen molar-refractivity contribution in [3.63, 3.8) is 0 Å². The first-order chi connectivity index (χ1) is 16.7. The van der Waals surface area contributed by atoms with Crippen LogP contribution in [0.5, 0.6) is 0 Å². The fourth-order valence-electron chi connectivity index (χ4n) is 11.3. The van der Waals surface area contributed by atoms with Crippen molar-refractivity contribution in [2.75, 3.05) is 14.2 Å². The van der Waals surface area contributed by atoms with Crippen LogP contribution in [0.3, 0.4) is 0 Å². The Kier molecular flexibility index (Phi) is 5.76. The minimum absolute atomic E-state index is 0.0152. The Morgan fingerprint density at radius 2 is 1.61 bits per heavy atom. The van der Waals surface area contributed by atoms with Gasteiger partial charge in [0, 0.05) is 5.41 Å². The number of hydrogen-bond donors (Lipinski definition) is 0. The minimum Gasteiger partial charge on any atom is -0.493 e. The van der Waals surface area contributed by atoms with E-state index in [1.165, 1.54) is 5.57 Å². The summed E-state index contributed by atoms with van der Waals surface area (Å²) in [7, 11) is 3.22.